The van der Waals surface area contributed by atoms with Crippen LogP contribution >= 0.6 is 0 Å². The molecule has 4 nitrogen and oxygen atoms in total. The monoisotopic (exact) mass is 353 g/mol. The van der Waals surface area contributed by atoms with Gasteiger partial charge in [0.2, 0.25) is 0 Å². The molecule has 1 aliphatic rings. The van der Waals surface area contributed by atoms with Crippen molar-refractivity contribution in [2.45, 2.75) is 25.6 Å². The van der Waals surface area contributed by atoms with Crippen molar-refractivity contribution in [1.29, 1.82) is 0 Å². The summed E-state index contributed by atoms with van der Waals surface area (Å²) in [5.74, 6) is -0.202. The van der Waals surface area contributed by atoms with Crippen LogP contribution in [0.25, 0.3) is 11.3 Å². The standard InChI is InChI=1S/C18H18F3NO3/c19-18(20,21)14-5-1-3-12(9-14)16-7-6-15(25-16)11-22-8-2-4-13(10-22)17(23)24/h1,3,5-7,9,13H,2,4,8,10-11H2,(H,23,24). The van der Waals surface area contributed by atoms with Gasteiger partial charge in [-0.05, 0) is 43.7 Å². The van der Waals surface area contributed by atoms with Gasteiger partial charge in [-0.25, -0.2) is 0 Å². The summed E-state index contributed by atoms with van der Waals surface area (Å²) in [5, 5.41) is 9.12. The first kappa shape index (κ1) is 17.5. The minimum Gasteiger partial charge on any atom is -0.481 e. The van der Waals surface area contributed by atoms with Crippen molar-refractivity contribution in [3.8, 4) is 11.3 Å². The molecule has 0 radical (unpaired) electrons. The lowest BCUT2D eigenvalue weighted by Gasteiger charge is -2.29. The van der Waals surface area contributed by atoms with Crippen LogP contribution in [0, 0.1) is 5.92 Å². The highest BCUT2D eigenvalue weighted by Crippen LogP contribution is 2.33. The molecule has 1 aliphatic heterocycles. The Hall–Kier alpha value is -2.28. The molecule has 1 atom stereocenters. The van der Waals surface area contributed by atoms with Crippen molar-refractivity contribution < 1.29 is 27.5 Å². The number of likely N-dealkylation sites (tertiary alicyclic amines) is 1. The highest BCUT2D eigenvalue weighted by atomic mass is 19.4. The van der Waals surface area contributed by atoms with Crippen LogP contribution in [-0.2, 0) is 17.5 Å². The summed E-state index contributed by atoms with van der Waals surface area (Å²) in [6, 6.07) is 8.36. The molecule has 3 rings (SSSR count). The minimum absolute atomic E-state index is 0.364. The third kappa shape index (κ3) is 4.22. The van der Waals surface area contributed by atoms with Crippen molar-refractivity contribution >= 4 is 5.97 Å². The molecule has 0 spiro atoms. The van der Waals surface area contributed by atoms with E-state index in [0.29, 0.717) is 36.6 Å². The van der Waals surface area contributed by atoms with Gasteiger partial charge in [0.25, 0.3) is 0 Å². The Morgan fingerprint density at radius 2 is 2.08 bits per heavy atom. The van der Waals surface area contributed by atoms with Crippen LogP contribution < -0.4 is 0 Å². The van der Waals surface area contributed by atoms with Crippen molar-refractivity contribution in [1.82, 2.24) is 4.90 Å². The van der Waals surface area contributed by atoms with Crippen LogP contribution in [0.1, 0.15) is 24.2 Å². The average molecular weight is 353 g/mol. The molecule has 2 aromatic rings. The van der Waals surface area contributed by atoms with E-state index in [1.54, 1.807) is 18.2 Å². The van der Waals surface area contributed by atoms with E-state index in [1.165, 1.54) is 6.07 Å². The largest absolute Gasteiger partial charge is 0.481 e. The second-order valence-electron chi connectivity index (χ2n) is 6.26. The van der Waals surface area contributed by atoms with Gasteiger partial charge in [0.1, 0.15) is 11.5 Å². The highest BCUT2D eigenvalue weighted by molar-refractivity contribution is 5.70. The van der Waals surface area contributed by atoms with Gasteiger partial charge < -0.3 is 9.52 Å². The molecule has 1 aromatic carbocycles. The smallest absolute Gasteiger partial charge is 0.416 e. The van der Waals surface area contributed by atoms with Crippen molar-refractivity contribution in [3.63, 3.8) is 0 Å². The third-order valence-corrected chi connectivity index (χ3v) is 4.37. The zero-order chi connectivity index (χ0) is 18.0. The highest BCUT2D eigenvalue weighted by Gasteiger charge is 2.30. The summed E-state index contributed by atoms with van der Waals surface area (Å²) >= 11 is 0. The molecular formula is C18H18F3NO3. The Labute approximate surface area is 142 Å². The van der Waals surface area contributed by atoms with E-state index in [1.807, 2.05) is 4.90 Å². The van der Waals surface area contributed by atoms with E-state index in [2.05, 4.69) is 0 Å². The quantitative estimate of drug-likeness (QED) is 0.892. The van der Waals surface area contributed by atoms with Gasteiger partial charge in [0, 0.05) is 12.1 Å². The van der Waals surface area contributed by atoms with Crippen LogP contribution in [0.15, 0.2) is 40.8 Å². The zero-order valence-electron chi connectivity index (χ0n) is 13.4. The number of nitrogens with zero attached hydrogens (tertiary/aromatic N) is 1. The molecule has 25 heavy (non-hydrogen) atoms. The van der Waals surface area contributed by atoms with Gasteiger partial charge in [-0.3, -0.25) is 9.69 Å². The van der Waals surface area contributed by atoms with Crippen LogP contribution in [0.4, 0.5) is 13.2 Å². The molecular weight excluding hydrogens is 335 g/mol. The summed E-state index contributed by atoms with van der Waals surface area (Å²) in [4.78, 5) is 13.1. The van der Waals surface area contributed by atoms with E-state index < -0.39 is 17.7 Å². The predicted molar refractivity (Wildman–Crippen MR) is 84.8 cm³/mol. The fourth-order valence-electron chi connectivity index (χ4n) is 3.09. The predicted octanol–water partition coefficient (Wildman–Crippen LogP) is 4.26. The molecule has 1 unspecified atom stereocenters. The molecule has 134 valence electrons. The molecule has 1 saturated heterocycles. The zero-order valence-corrected chi connectivity index (χ0v) is 13.4. The number of alkyl halides is 3. The lowest BCUT2D eigenvalue weighted by molar-refractivity contribution is -0.143. The van der Waals surface area contributed by atoms with E-state index in [0.717, 1.165) is 25.1 Å². The minimum atomic E-state index is -4.40. The molecule has 0 bridgehead atoms. The first-order valence-corrected chi connectivity index (χ1v) is 8.04. The van der Waals surface area contributed by atoms with Gasteiger partial charge in [-0.15, -0.1) is 0 Å². The summed E-state index contributed by atoms with van der Waals surface area (Å²) < 4.78 is 44.1. The number of rotatable bonds is 4. The number of piperidine rings is 1. The fourth-order valence-corrected chi connectivity index (χ4v) is 3.09. The average Bonchev–Trinajstić information content (AvgIpc) is 3.03. The van der Waals surface area contributed by atoms with Gasteiger partial charge in [-0.1, -0.05) is 12.1 Å². The first-order chi connectivity index (χ1) is 11.8. The van der Waals surface area contributed by atoms with Gasteiger partial charge in [0.15, 0.2) is 0 Å². The maximum Gasteiger partial charge on any atom is 0.416 e. The maximum atomic E-state index is 12.8. The molecule has 7 heteroatoms. The van der Waals surface area contributed by atoms with E-state index in [9.17, 15) is 18.0 Å². The number of hydrogen-bond donors (Lipinski definition) is 1. The van der Waals surface area contributed by atoms with Crippen molar-refractivity contribution in [2.75, 3.05) is 13.1 Å². The van der Waals surface area contributed by atoms with Crippen LogP contribution in [0.3, 0.4) is 0 Å². The maximum absolute atomic E-state index is 12.8. The van der Waals surface area contributed by atoms with Gasteiger partial charge >= 0.3 is 12.1 Å². The molecule has 1 N–H and O–H groups in total. The Bertz CT molecular complexity index is 754. The van der Waals surface area contributed by atoms with E-state index in [4.69, 9.17) is 9.52 Å². The summed E-state index contributed by atoms with van der Waals surface area (Å²) in [5.41, 5.74) is -0.355. The number of aliphatic carboxylic acids is 1. The second-order valence-corrected chi connectivity index (χ2v) is 6.26. The molecule has 0 amide bonds. The SMILES string of the molecule is O=C(O)C1CCCN(Cc2ccc(-c3cccc(C(F)(F)F)c3)o2)C1. The molecule has 2 heterocycles. The number of halogens is 3. The van der Waals surface area contributed by atoms with E-state index >= 15 is 0 Å². The van der Waals surface area contributed by atoms with Crippen LogP contribution in [-0.4, -0.2) is 29.1 Å². The normalized spacial score (nSPS) is 19.1. The van der Waals surface area contributed by atoms with Crippen molar-refractivity contribution in [3.05, 3.63) is 47.7 Å². The molecule has 1 aromatic heterocycles. The Kier molecular flexibility index (Phi) is 4.85. The number of furan rings is 1. The molecule has 0 saturated carbocycles. The lowest BCUT2D eigenvalue weighted by atomic mass is 9.98. The number of carbonyl (C=O) groups is 1. The summed E-state index contributed by atoms with van der Waals surface area (Å²) in [6.45, 7) is 1.68. The molecule has 1 fully saturated rings. The van der Waals surface area contributed by atoms with Gasteiger partial charge in [0.05, 0.1) is 18.0 Å². The van der Waals surface area contributed by atoms with Gasteiger partial charge in [-0.2, -0.15) is 13.2 Å². The number of benzene rings is 1. The first-order valence-electron chi connectivity index (χ1n) is 8.04. The summed E-state index contributed by atoms with van der Waals surface area (Å²) in [7, 11) is 0. The molecule has 0 aliphatic carbocycles. The Morgan fingerprint density at radius 3 is 2.80 bits per heavy atom. The van der Waals surface area contributed by atoms with Crippen LogP contribution in [0.5, 0.6) is 0 Å². The number of hydrogen-bond acceptors (Lipinski definition) is 3. The lowest BCUT2D eigenvalue weighted by Crippen LogP contribution is -2.38. The summed E-state index contributed by atoms with van der Waals surface area (Å²) in [6.07, 6.45) is -2.93. The number of carboxylic acids is 1. The Balaban J connectivity index is 1.72. The topological polar surface area (TPSA) is 53.7 Å². The number of carboxylic acid groups (broad SMARTS) is 1. The third-order valence-electron chi connectivity index (χ3n) is 4.37. The Morgan fingerprint density at radius 1 is 1.28 bits per heavy atom. The van der Waals surface area contributed by atoms with Crippen LogP contribution in [0.2, 0.25) is 0 Å². The fraction of sp³-hybridized carbons (Fsp3) is 0.389. The second kappa shape index (κ2) is 6.92. The van der Waals surface area contributed by atoms with E-state index in [-0.39, 0.29) is 5.92 Å². The van der Waals surface area contributed by atoms with Crippen molar-refractivity contribution in [2.24, 2.45) is 5.92 Å².